The van der Waals surface area contributed by atoms with Gasteiger partial charge in [-0.15, -0.1) is 0 Å². The number of hydrogen-bond acceptors (Lipinski definition) is 4. The highest BCUT2D eigenvalue weighted by atomic mass is 16.5. The number of nitrogens with one attached hydrogen (secondary N) is 3. The molecule has 3 heterocycles. The lowest BCUT2D eigenvalue weighted by molar-refractivity contribution is 0.0314. The number of nitrogens with zero attached hydrogens (tertiary/aromatic N) is 1. The van der Waals surface area contributed by atoms with Gasteiger partial charge in [0.25, 0.3) is 5.56 Å². The van der Waals surface area contributed by atoms with Crippen LogP contribution in [0.4, 0.5) is 5.95 Å². The van der Waals surface area contributed by atoms with Crippen molar-refractivity contribution in [3.8, 4) is 0 Å². The first-order chi connectivity index (χ1) is 12.5. The van der Waals surface area contributed by atoms with E-state index >= 15 is 0 Å². The average molecular weight is 352 g/mol. The molecule has 0 spiro atoms. The van der Waals surface area contributed by atoms with Crippen LogP contribution in [0.1, 0.15) is 36.7 Å². The van der Waals surface area contributed by atoms with Crippen molar-refractivity contribution in [3.63, 3.8) is 0 Å². The highest BCUT2D eigenvalue weighted by Gasteiger charge is 2.29. The van der Waals surface area contributed by atoms with Crippen molar-refractivity contribution in [2.24, 2.45) is 0 Å². The molecule has 1 atom stereocenters. The summed E-state index contributed by atoms with van der Waals surface area (Å²) in [4.78, 5) is 22.9. The van der Waals surface area contributed by atoms with Gasteiger partial charge in [0.05, 0.1) is 11.3 Å². The van der Waals surface area contributed by atoms with Gasteiger partial charge in [0.2, 0.25) is 5.95 Å². The van der Waals surface area contributed by atoms with E-state index in [9.17, 15) is 4.79 Å². The summed E-state index contributed by atoms with van der Waals surface area (Å²) in [5, 5.41) is 4.41. The Bertz CT molecular complexity index is 983. The smallest absolute Gasteiger partial charge is 0.252 e. The number of ether oxygens (including phenoxy) is 1. The zero-order chi connectivity index (χ0) is 18.1. The van der Waals surface area contributed by atoms with Crippen LogP contribution in [-0.4, -0.2) is 33.7 Å². The Labute approximate surface area is 152 Å². The van der Waals surface area contributed by atoms with E-state index in [0.29, 0.717) is 18.9 Å². The van der Waals surface area contributed by atoms with Crippen LogP contribution >= 0.6 is 0 Å². The maximum Gasteiger partial charge on any atom is 0.252 e. The molecule has 0 bridgehead atoms. The fourth-order valence-electron chi connectivity index (χ4n) is 3.67. The van der Waals surface area contributed by atoms with E-state index in [2.05, 4.69) is 46.2 Å². The number of aromatic amines is 2. The number of rotatable bonds is 5. The minimum Gasteiger partial charge on any atom is -0.373 e. The van der Waals surface area contributed by atoms with Gasteiger partial charge in [-0.3, -0.25) is 9.78 Å². The predicted octanol–water partition coefficient (Wildman–Crippen LogP) is 3.13. The summed E-state index contributed by atoms with van der Waals surface area (Å²) in [5.74, 6) is 0.502. The number of aromatic nitrogens is 3. The number of anilines is 1. The Morgan fingerprint density at radius 1 is 1.31 bits per heavy atom. The second-order valence-corrected chi connectivity index (χ2v) is 7.29. The van der Waals surface area contributed by atoms with Crippen LogP contribution in [0, 0.1) is 6.92 Å². The van der Waals surface area contributed by atoms with Gasteiger partial charge in [-0.1, -0.05) is 18.2 Å². The van der Waals surface area contributed by atoms with Crippen molar-refractivity contribution in [1.29, 1.82) is 0 Å². The molecule has 3 aromatic rings. The lowest BCUT2D eigenvalue weighted by Crippen LogP contribution is -2.33. The van der Waals surface area contributed by atoms with Crippen LogP contribution in [0.25, 0.3) is 10.9 Å². The first-order valence-electron chi connectivity index (χ1n) is 9.07. The minimum atomic E-state index is -0.192. The molecule has 0 amide bonds. The third-order valence-electron chi connectivity index (χ3n) is 5.11. The van der Waals surface area contributed by atoms with E-state index in [1.54, 1.807) is 6.07 Å². The summed E-state index contributed by atoms with van der Waals surface area (Å²) in [5.41, 5.74) is 3.80. The molecule has 3 N–H and O–H groups in total. The van der Waals surface area contributed by atoms with Crippen molar-refractivity contribution >= 4 is 16.9 Å². The molecular formula is C20H24N4O2. The zero-order valence-electron chi connectivity index (χ0n) is 15.2. The second kappa shape index (κ2) is 6.61. The molecule has 26 heavy (non-hydrogen) atoms. The molecule has 1 aromatic carbocycles. The first kappa shape index (κ1) is 16.8. The van der Waals surface area contributed by atoms with Crippen LogP contribution in [0.3, 0.4) is 0 Å². The van der Waals surface area contributed by atoms with Crippen molar-refractivity contribution in [1.82, 2.24) is 15.0 Å². The van der Waals surface area contributed by atoms with Gasteiger partial charge in [-0.05, 0) is 38.3 Å². The predicted molar refractivity (Wildman–Crippen MR) is 103 cm³/mol. The van der Waals surface area contributed by atoms with E-state index in [1.165, 1.54) is 10.9 Å². The van der Waals surface area contributed by atoms with E-state index in [4.69, 9.17) is 4.74 Å². The molecule has 1 unspecified atom stereocenters. The van der Waals surface area contributed by atoms with Crippen molar-refractivity contribution in [2.75, 3.05) is 18.5 Å². The van der Waals surface area contributed by atoms with Crippen LogP contribution in [0.15, 0.2) is 35.1 Å². The molecule has 4 rings (SSSR count). The lowest BCUT2D eigenvalue weighted by Gasteiger charge is -2.23. The third kappa shape index (κ3) is 3.37. The molecule has 1 aliphatic rings. The Kier molecular flexibility index (Phi) is 4.28. The van der Waals surface area contributed by atoms with Gasteiger partial charge in [-0.25, -0.2) is 4.98 Å². The van der Waals surface area contributed by atoms with Crippen molar-refractivity contribution in [3.05, 3.63) is 57.6 Å². The molecule has 1 fully saturated rings. The fourth-order valence-corrected chi connectivity index (χ4v) is 3.67. The number of benzene rings is 1. The number of hydrogen-bond donors (Lipinski definition) is 3. The number of H-pyrrole nitrogens is 2. The Hall–Kier alpha value is -2.60. The van der Waals surface area contributed by atoms with E-state index in [1.807, 2.05) is 12.1 Å². The van der Waals surface area contributed by atoms with Gasteiger partial charge in [0.1, 0.15) is 0 Å². The van der Waals surface area contributed by atoms with E-state index < -0.39 is 0 Å². The van der Waals surface area contributed by atoms with Gasteiger partial charge < -0.3 is 15.0 Å². The van der Waals surface area contributed by atoms with E-state index in [-0.39, 0.29) is 11.2 Å². The standard InChI is InChI=1S/C20H24N4O2/c1-13-16(15-6-3-4-7-17(15)22-13)10-14-11-18(25)24-19(23-14)21-12-20(2)8-5-9-26-20/h3-4,6-7,11,22H,5,8-10,12H2,1-2H3,(H2,21,23,24,25). The maximum atomic E-state index is 12.1. The monoisotopic (exact) mass is 352 g/mol. The largest absolute Gasteiger partial charge is 0.373 e. The van der Waals surface area contributed by atoms with E-state index in [0.717, 1.165) is 36.4 Å². The SMILES string of the molecule is Cc1[nH]c2ccccc2c1Cc1cc(=O)[nH]c(NCC2(C)CCCO2)n1. The molecule has 6 nitrogen and oxygen atoms in total. The van der Waals surface area contributed by atoms with Gasteiger partial charge >= 0.3 is 0 Å². The maximum absolute atomic E-state index is 12.1. The van der Waals surface area contributed by atoms with Gasteiger partial charge in [-0.2, -0.15) is 0 Å². The number of para-hydroxylation sites is 1. The molecule has 0 saturated carbocycles. The van der Waals surface area contributed by atoms with Crippen LogP contribution in [0.2, 0.25) is 0 Å². The topological polar surface area (TPSA) is 82.8 Å². The molecule has 2 aromatic heterocycles. The summed E-state index contributed by atoms with van der Waals surface area (Å²) in [7, 11) is 0. The van der Waals surface area contributed by atoms with Crippen molar-refractivity contribution < 1.29 is 4.74 Å². The molecule has 136 valence electrons. The molecule has 0 radical (unpaired) electrons. The second-order valence-electron chi connectivity index (χ2n) is 7.29. The molecule has 1 aliphatic heterocycles. The molecule has 0 aliphatic carbocycles. The molecule has 6 heteroatoms. The first-order valence-corrected chi connectivity index (χ1v) is 9.07. The average Bonchev–Trinajstić information content (AvgIpc) is 3.17. The van der Waals surface area contributed by atoms with Gasteiger partial charge in [0, 0.05) is 42.2 Å². The number of fused-ring (bicyclic) bond motifs is 1. The summed E-state index contributed by atoms with van der Waals surface area (Å²) < 4.78 is 5.79. The van der Waals surface area contributed by atoms with Crippen molar-refractivity contribution in [2.45, 2.75) is 38.7 Å². The van der Waals surface area contributed by atoms with Gasteiger partial charge in [0.15, 0.2) is 0 Å². The minimum absolute atomic E-state index is 0.146. The van der Waals surface area contributed by atoms with Crippen LogP contribution in [-0.2, 0) is 11.2 Å². The Morgan fingerprint density at radius 3 is 2.96 bits per heavy atom. The highest BCUT2D eigenvalue weighted by Crippen LogP contribution is 2.26. The highest BCUT2D eigenvalue weighted by molar-refractivity contribution is 5.84. The summed E-state index contributed by atoms with van der Waals surface area (Å²) in [6.45, 7) is 5.57. The normalized spacial score (nSPS) is 19.9. The third-order valence-corrected chi connectivity index (χ3v) is 5.11. The Balaban J connectivity index is 1.58. The quantitative estimate of drug-likeness (QED) is 0.659. The van der Waals surface area contributed by atoms with Crippen LogP contribution < -0.4 is 10.9 Å². The summed E-state index contributed by atoms with van der Waals surface area (Å²) in [6, 6.07) is 9.77. The fraction of sp³-hybridized carbons (Fsp3) is 0.400. The number of aryl methyl sites for hydroxylation is 1. The lowest BCUT2D eigenvalue weighted by atomic mass is 10.0. The van der Waals surface area contributed by atoms with Crippen LogP contribution in [0.5, 0.6) is 0 Å². The Morgan fingerprint density at radius 2 is 2.15 bits per heavy atom. The summed E-state index contributed by atoms with van der Waals surface area (Å²) >= 11 is 0. The molecule has 1 saturated heterocycles. The zero-order valence-corrected chi connectivity index (χ0v) is 15.2. The summed E-state index contributed by atoms with van der Waals surface area (Å²) in [6.07, 6.45) is 2.70. The molecular weight excluding hydrogens is 328 g/mol.